The van der Waals surface area contributed by atoms with Gasteiger partial charge in [0.25, 0.3) is 0 Å². The van der Waals surface area contributed by atoms with Gasteiger partial charge in [0.05, 0.1) is 0 Å². The molecule has 6 heteroatoms. The summed E-state index contributed by atoms with van der Waals surface area (Å²) in [5.74, 6) is 0.235. The molecule has 4 nitrogen and oxygen atoms in total. The van der Waals surface area contributed by atoms with Crippen molar-refractivity contribution in [3.63, 3.8) is 0 Å². The van der Waals surface area contributed by atoms with Crippen LogP contribution in [0.4, 0.5) is 21.7 Å². The fraction of sp³-hybridized carbons (Fsp3) is 0.0909. The van der Waals surface area contributed by atoms with Crippen LogP contribution < -0.4 is 11.1 Å². The van der Waals surface area contributed by atoms with E-state index in [4.69, 9.17) is 17.3 Å². The Balaban J connectivity index is 2.38. The molecule has 1 aromatic heterocycles. The zero-order valence-corrected chi connectivity index (χ0v) is 9.79. The zero-order chi connectivity index (χ0) is 12.4. The number of anilines is 3. The number of nitrogens with one attached hydrogen (secondary N) is 1. The van der Waals surface area contributed by atoms with Gasteiger partial charge in [-0.1, -0.05) is 17.7 Å². The molecule has 1 aromatic carbocycles. The molecule has 3 N–H and O–H groups in total. The molecule has 0 aliphatic heterocycles. The predicted octanol–water partition coefficient (Wildman–Crippen LogP) is 2.90. The first-order chi connectivity index (χ1) is 8.09. The van der Waals surface area contributed by atoms with Crippen LogP contribution in [0.15, 0.2) is 24.5 Å². The maximum Gasteiger partial charge on any atom is 0.154 e. The molecule has 0 bridgehead atoms. The molecular formula is C11H10ClFN4. The van der Waals surface area contributed by atoms with Crippen molar-refractivity contribution in [1.82, 2.24) is 9.97 Å². The molecule has 0 saturated carbocycles. The maximum absolute atomic E-state index is 13.3. The Hall–Kier alpha value is -1.88. The van der Waals surface area contributed by atoms with Crippen LogP contribution in [0.25, 0.3) is 0 Å². The Morgan fingerprint density at radius 2 is 2.12 bits per heavy atom. The van der Waals surface area contributed by atoms with E-state index in [1.807, 2.05) is 0 Å². The highest BCUT2D eigenvalue weighted by Gasteiger charge is 2.09. The van der Waals surface area contributed by atoms with E-state index >= 15 is 0 Å². The van der Waals surface area contributed by atoms with Crippen LogP contribution >= 0.6 is 11.6 Å². The van der Waals surface area contributed by atoms with Gasteiger partial charge < -0.3 is 11.1 Å². The number of benzene rings is 1. The molecule has 0 amide bonds. The molecular weight excluding hydrogens is 243 g/mol. The first-order valence-corrected chi connectivity index (χ1v) is 5.25. The molecule has 2 aromatic rings. The van der Waals surface area contributed by atoms with Crippen LogP contribution in [0.3, 0.4) is 0 Å². The van der Waals surface area contributed by atoms with Gasteiger partial charge in [-0.05, 0) is 19.1 Å². The largest absolute Gasteiger partial charge is 0.382 e. The summed E-state index contributed by atoms with van der Waals surface area (Å²) in [6.07, 6.45) is 1.29. The molecule has 0 atom stereocenters. The van der Waals surface area contributed by atoms with Crippen LogP contribution in [-0.2, 0) is 0 Å². The van der Waals surface area contributed by atoms with Crippen LogP contribution in [0.2, 0.25) is 5.02 Å². The molecule has 0 fully saturated rings. The maximum atomic E-state index is 13.3. The van der Waals surface area contributed by atoms with Crippen molar-refractivity contribution in [2.75, 3.05) is 11.1 Å². The minimum Gasteiger partial charge on any atom is -0.382 e. The summed E-state index contributed by atoms with van der Waals surface area (Å²) in [4.78, 5) is 7.69. The normalized spacial score (nSPS) is 10.3. The Bertz CT molecular complexity index is 510. The van der Waals surface area contributed by atoms with Gasteiger partial charge in [0, 0.05) is 11.3 Å². The summed E-state index contributed by atoms with van der Waals surface area (Å²) in [6.45, 7) is 1.66. The van der Waals surface area contributed by atoms with Crippen LogP contribution in [0.5, 0.6) is 0 Å². The number of nitrogen functional groups attached to an aromatic ring is 1. The lowest BCUT2D eigenvalue weighted by Gasteiger charge is -2.10. The molecule has 0 unspecified atom stereocenters. The lowest BCUT2D eigenvalue weighted by Crippen LogP contribution is -2.01. The second-order valence-corrected chi connectivity index (χ2v) is 3.84. The Kier molecular flexibility index (Phi) is 3.10. The molecule has 88 valence electrons. The van der Waals surface area contributed by atoms with E-state index in [-0.39, 0.29) is 16.7 Å². The van der Waals surface area contributed by atoms with Crippen molar-refractivity contribution in [3.05, 3.63) is 40.9 Å². The third-order valence-corrected chi connectivity index (χ3v) is 2.71. The monoisotopic (exact) mass is 252 g/mol. The number of hydrogen-bond acceptors (Lipinski definition) is 4. The summed E-state index contributed by atoms with van der Waals surface area (Å²) in [5, 5.41) is 3.14. The fourth-order valence-corrected chi connectivity index (χ4v) is 1.49. The molecule has 0 aliphatic rings. The average Bonchev–Trinajstić information content (AvgIpc) is 2.31. The number of halogens is 2. The van der Waals surface area contributed by atoms with Crippen LogP contribution in [0.1, 0.15) is 5.56 Å². The molecule has 2 rings (SSSR count). The van der Waals surface area contributed by atoms with E-state index in [1.54, 1.807) is 19.1 Å². The summed E-state index contributed by atoms with van der Waals surface area (Å²) >= 11 is 5.93. The van der Waals surface area contributed by atoms with Crippen molar-refractivity contribution < 1.29 is 4.39 Å². The first kappa shape index (κ1) is 11.6. The molecule has 0 spiro atoms. The first-order valence-electron chi connectivity index (χ1n) is 4.87. The predicted molar refractivity (Wildman–Crippen MR) is 65.9 cm³/mol. The van der Waals surface area contributed by atoms with Gasteiger partial charge in [-0.15, -0.1) is 0 Å². The van der Waals surface area contributed by atoms with Gasteiger partial charge in [0.1, 0.15) is 23.0 Å². The van der Waals surface area contributed by atoms with Gasteiger partial charge in [-0.2, -0.15) is 0 Å². The summed E-state index contributed by atoms with van der Waals surface area (Å²) in [5.41, 5.74) is 6.62. The van der Waals surface area contributed by atoms with E-state index in [0.717, 1.165) is 0 Å². The van der Waals surface area contributed by atoms with Gasteiger partial charge in [-0.25, -0.2) is 14.4 Å². The van der Waals surface area contributed by atoms with Gasteiger partial charge in [0.2, 0.25) is 0 Å². The summed E-state index contributed by atoms with van der Waals surface area (Å²) in [7, 11) is 0. The summed E-state index contributed by atoms with van der Waals surface area (Å²) < 4.78 is 13.3. The fourth-order valence-electron chi connectivity index (χ4n) is 1.34. The number of rotatable bonds is 2. The molecule has 0 radical (unpaired) electrons. The van der Waals surface area contributed by atoms with Crippen molar-refractivity contribution in [2.24, 2.45) is 0 Å². The van der Waals surface area contributed by atoms with Crippen molar-refractivity contribution in [1.29, 1.82) is 0 Å². The highest BCUT2D eigenvalue weighted by molar-refractivity contribution is 6.35. The number of aromatic nitrogens is 2. The Labute approximate surface area is 103 Å². The lowest BCUT2D eigenvalue weighted by molar-refractivity contribution is 0.619. The Morgan fingerprint density at radius 3 is 2.88 bits per heavy atom. The van der Waals surface area contributed by atoms with Crippen molar-refractivity contribution >= 4 is 28.9 Å². The topological polar surface area (TPSA) is 63.8 Å². The van der Waals surface area contributed by atoms with E-state index in [2.05, 4.69) is 15.3 Å². The molecule has 0 saturated heterocycles. The average molecular weight is 253 g/mol. The zero-order valence-electron chi connectivity index (χ0n) is 9.04. The smallest absolute Gasteiger partial charge is 0.154 e. The standard InChI is InChI=1S/C11H10ClFN4/c1-6-7(13)3-2-4-8(6)17-11-9(12)10(14)15-5-16-11/h2-5H,1H3,(H3,14,15,16,17). The number of nitrogens with zero attached hydrogens (tertiary/aromatic N) is 2. The van der Waals surface area contributed by atoms with Crippen LogP contribution in [-0.4, -0.2) is 9.97 Å². The van der Waals surface area contributed by atoms with Crippen molar-refractivity contribution in [2.45, 2.75) is 6.92 Å². The molecule has 1 heterocycles. The third-order valence-electron chi connectivity index (χ3n) is 2.34. The lowest BCUT2D eigenvalue weighted by atomic mass is 10.2. The van der Waals surface area contributed by atoms with Gasteiger partial charge in [-0.3, -0.25) is 0 Å². The molecule has 0 aliphatic carbocycles. The quantitative estimate of drug-likeness (QED) is 0.863. The van der Waals surface area contributed by atoms with E-state index in [9.17, 15) is 4.39 Å². The van der Waals surface area contributed by atoms with Crippen molar-refractivity contribution in [3.8, 4) is 0 Å². The van der Waals surface area contributed by atoms with E-state index < -0.39 is 0 Å². The third kappa shape index (κ3) is 2.29. The highest BCUT2D eigenvalue weighted by Crippen LogP contribution is 2.28. The minimum absolute atomic E-state index is 0.179. The van der Waals surface area contributed by atoms with E-state index in [1.165, 1.54) is 12.4 Å². The second kappa shape index (κ2) is 4.55. The number of nitrogens with two attached hydrogens (primary N) is 1. The van der Waals surface area contributed by atoms with Crippen LogP contribution in [0, 0.1) is 12.7 Å². The Morgan fingerprint density at radius 1 is 1.35 bits per heavy atom. The second-order valence-electron chi connectivity index (χ2n) is 3.46. The van der Waals surface area contributed by atoms with Gasteiger partial charge in [0.15, 0.2) is 5.82 Å². The molecule has 17 heavy (non-hydrogen) atoms. The SMILES string of the molecule is Cc1c(F)cccc1Nc1ncnc(N)c1Cl. The minimum atomic E-state index is -0.298. The van der Waals surface area contributed by atoms with E-state index in [0.29, 0.717) is 17.1 Å². The highest BCUT2D eigenvalue weighted by atomic mass is 35.5. The number of hydrogen-bond donors (Lipinski definition) is 2. The summed E-state index contributed by atoms with van der Waals surface area (Å²) in [6, 6.07) is 4.71. The van der Waals surface area contributed by atoms with Gasteiger partial charge >= 0.3 is 0 Å².